The molecule has 0 unspecified atom stereocenters. The van der Waals surface area contributed by atoms with Crippen LogP contribution in [-0.4, -0.2) is 21.9 Å². The summed E-state index contributed by atoms with van der Waals surface area (Å²) in [7, 11) is 0. The van der Waals surface area contributed by atoms with Gasteiger partial charge in [0.1, 0.15) is 5.75 Å². The highest BCUT2D eigenvalue weighted by Gasteiger charge is 2.27. The monoisotopic (exact) mass is 497 g/mol. The minimum Gasteiger partial charge on any atom is -0.507 e. The standard InChI is InChI=1S/C22H16IN3O3/c23-15-4-6-17-18(9-15)19(22(29)26-21(17)28)12-25-10-13-3-5-16(20(27)8-13)14-2-1-7-24-11-14/h1-9,11-12,25,27H,10H2,(H,26,28,29)/b19-12-. The van der Waals surface area contributed by atoms with Crippen LogP contribution in [0.3, 0.4) is 0 Å². The number of fused-ring (bicyclic) bond motifs is 1. The van der Waals surface area contributed by atoms with Gasteiger partial charge in [-0.05, 0) is 58.5 Å². The van der Waals surface area contributed by atoms with Crippen molar-refractivity contribution in [2.75, 3.05) is 0 Å². The number of hydrogen-bond donors (Lipinski definition) is 3. The molecule has 144 valence electrons. The summed E-state index contributed by atoms with van der Waals surface area (Å²) in [5, 5.41) is 15.8. The Morgan fingerprint density at radius 3 is 2.62 bits per heavy atom. The molecule has 0 saturated heterocycles. The number of benzene rings is 2. The Labute approximate surface area is 180 Å². The number of hydrogen-bond acceptors (Lipinski definition) is 5. The number of carbonyl (C=O) groups is 2. The van der Waals surface area contributed by atoms with Crippen molar-refractivity contribution in [1.29, 1.82) is 0 Å². The minimum atomic E-state index is -0.438. The van der Waals surface area contributed by atoms with Crippen LogP contribution in [0.1, 0.15) is 21.5 Å². The Morgan fingerprint density at radius 1 is 1.03 bits per heavy atom. The zero-order chi connectivity index (χ0) is 20.4. The van der Waals surface area contributed by atoms with E-state index in [9.17, 15) is 14.7 Å². The third-order valence-corrected chi connectivity index (χ3v) is 5.25. The first-order chi connectivity index (χ1) is 14.0. The smallest absolute Gasteiger partial charge is 0.260 e. The van der Waals surface area contributed by atoms with Gasteiger partial charge in [-0.3, -0.25) is 19.9 Å². The van der Waals surface area contributed by atoms with E-state index >= 15 is 0 Å². The number of amides is 2. The summed E-state index contributed by atoms with van der Waals surface area (Å²) < 4.78 is 0.936. The number of nitrogens with one attached hydrogen (secondary N) is 2. The zero-order valence-corrected chi connectivity index (χ0v) is 17.3. The Morgan fingerprint density at radius 2 is 1.86 bits per heavy atom. The number of nitrogens with zero attached hydrogens (tertiary/aromatic N) is 1. The van der Waals surface area contributed by atoms with E-state index in [2.05, 4.69) is 38.2 Å². The average Bonchev–Trinajstić information content (AvgIpc) is 2.71. The molecule has 0 saturated carbocycles. The molecule has 4 rings (SSSR count). The summed E-state index contributed by atoms with van der Waals surface area (Å²) in [6.45, 7) is 0.408. The molecule has 3 N–H and O–H groups in total. The molecule has 0 aliphatic carbocycles. The van der Waals surface area contributed by atoms with Crippen LogP contribution in [0, 0.1) is 3.57 Å². The SMILES string of the molecule is O=C1NC(=O)c2ccc(I)cc2/C1=C/NCc1ccc(-c2cccnc2)c(O)c1. The predicted molar refractivity (Wildman–Crippen MR) is 118 cm³/mol. The third-order valence-electron chi connectivity index (χ3n) is 4.58. The molecule has 1 aliphatic heterocycles. The van der Waals surface area contributed by atoms with Crippen molar-refractivity contribution < 1.29 is 14.7 Å². The number of pyridine rings is 1. The minimum absolute atomic E-state index is 0.158. The molecule has 1 aliphatic rings. The second-order valence-corrected chi connectivity index (χ2v) is 7.75. The van der Waals surface area contributed by atoms with Gasteiger partial charge < -0.3 is 10.4 Å². The van der Waals surface area contributed by atoms with E-state index < -0.39 is 11.8 Å². The number of aromatic nitrogens is 1. The molecular weight excluding hydrogens is 481 g/mol. The van der Waals surface area contributed by atoms with E-state index in [4.69, 9.17) is 0 Å². The van der Waals surface area contributed by atoms with Crippen LogP contribution >= 0.6 is 22.6 Å². The van der Waals surface area contributed by atoms with Gasteiger partial charge in [0.05, 0.1) is 5.57 Å². The molecule has 7 heteroatoms. The lowest BCUT2D eigenvalue weighted by molar-refractivity contribution is -0.114. The largest absolute Gasteiger partial charge is 0.507 e. The van der Waals surface area contributed by atoms with Gasteiger partial charge in [-0.1, -0.05) is 18.2 Å². The Kier molecular flexibility index (Phi) is 5.30. The van der Waals surface area contributed by atoms with Gasteiger partial charge in [-0.25, -0.2) is 0 Å². The number of imide groups is 1. The average molecular weight is 497 g/mol. The Bertz CT molecular complexity index is 1140. The summed E-state index contributed by atoms with van der Waals surface area (Å²) >= 11 is 2.15. The molecule has 0 spiro atoms. The quantitative estimate of drug-likeness (QED) is 0.292. The van der Waals surface area contributed by atoms with Crippen LogP contribution in [0.25, 0.3) is 16.7 Å². The third kappa shape index (κ3) is 4.00. The number of aromatic hydroxyl groups is 1. The molecule has 1 aromatic heterocycles. The molecule has 29 heavy (non-hydrogen) atoms. The number of phenols is 1. The number of halogens is 1. The predicted octanol–water partition coefficient (Wildman–Crippen LogP) is 3.46. The van der Waals surface area contributed by atoms with Crippen LogP contribution in [0.15, 0.2) is 67.1 Å². The molecule has 2 heterocycles. The Hall–Kier alpha value is -3.20. The maximum atomic E-state index is 12.3. The molecule has 0 fully saturated rings. The number of rotatable bonds is 4. The van der Waals surface area contributed by atoms with Gasteiger partial charge in [0.2, 0.25) is 0 Å². The molecular formula is C22H16IN3O3. The van der Waals surface area contributed by atoms with E-state index in [1.54, 1.807) is 30.7 Å². The van der Waals surface area contributed by atoms with E-state index in [0.717, 1.165) is 14.7 Å². The lowest BCUT2D eigenvalue weighted by atomic mass is 9.95. The normalized spacial score (nSPS) is 14.4. The lowest BCUT2D eigenvalue weighted by Crippen LogP contribution is -2.37. The van der Waals surface area contributed by atoms with Crippen LogP contribution in [0.4, 0.5) is 0 Å². The maximum absolute atomic E-state index is 12.3. The molecule has 2 amide bonds. The highest BCUT2D eigenvalue weighted by Crippen LogP contribution is 2.29. The van der Waals surface area contributed by atoms with Crippen molar-refractivity contribution in [3.63, 3.8) is 0 Å². The van der Waals surface area contributed by atoms with Crippen molar-refractivity contribution >= 4 is 40.0 Å². The summed E-state index contributed by atoms with van der Waals surface area (Å²) in [5.41, 5.74) is 3.86. The van der Waals surface area contributed by atoms with Crippen LogP contribution in [0.2, 0.25) is 0 Å². The molecule has 0 bridgehead atoms. The van der Waals surface area contributed by atoms with Crippen molar-refractivity contribution in [1.82, 2.24) is 15.6 Å². The fraction of sp³-hybridized carbons (Fsp3) is 0.0455. The summed E-state index contributed by atoms with van der Waals surface area (Å²) in [6.07, 6.45) is 4.97. The highest BCUT2D eigenvalue weighted by atomic mass is 127. The zero-order valence-electron chi connectivity index (χ0n) is 15.1. The van der Waals surface area contributed by atoms with Crippen LogP contribution in [-0.2, 0) is 11.3 Å². The number of carbonyl (C=O) groups excluding carboxylic acids is 2. The first kappa shape index (κ1) is 19.1. The van der Waals surface area contributed by atoms with Gasteiger partial charge >= 0.3 is 0 Å². The number of phenolic OH excluding ortho intramolecular Hbond substituents is 1. The molecule has 0 atom stereocenters. The highest BCUT2D eigenvalue weighted by molar-refractivity contribution is 14.1. The molecule has 2 aromatic carbocycles. The maximum Gasteiger partial charge on any atom is 0.260 e. The Balaban J connectivity index is 1.54. The first-order valence-corrected chi connectivity index (χ1v) is 9.92. The van der Waals surface area contributed by atoms with Gasteiger partial charge in [0, 0.05) is 51.0 Å². The van der Waals surface area contributed by atoms with Gasteiger partial charge in [0.15, 0.2) is 0 Å². The second-order valence-electron chi connectivity index (χ2n) is 6.51. The summed E-state index contributed by atoms with van der Waals surface area (Å²) in [5.74, 6) is -0.674. The van der Waals surface area contributed by atoms with Crippen LogP contribution < -0.4 is 10.6 Å². The fourth-order valence-corrected chi connectivity index (χ4v) is 3.66. The van der Waals surface area contributed by atoms with Crippen molar-refractivity contribution in [2.24, 2.45) is 0 Å². The van der Waals surface area contributed by atoms with E-state index in [0.29, 0.717) is 28.8 Å². The second kappa shape index (κ2) is 8.04. The molecule has 6 nitrogen and oxygen atoms in total. The van der Waals surface area contributed by atoms with E-state index in [-0.39, 0.29) is 5.75 Å². The fourth-order valence-electron chi connectivity index (χ4n) is 3.17. The van der Waals surface area contributed by atoms with E-state index in [1.807, 2.05) is 36.4 Å². The molecule has 0 radical (unpaired) electrons. The van der Waals surface area contributed by atoms with Crippen molar-refractivity contribution in [2.45, 2.75) is 6.54 Å². The summed E-state index contributed by atoms with van der Waals surface area (Å²) in [6, 6.07) is 14.5. The summed E-state index contributed by atoms with van der Waals surface area (Å²) in [4.78, 5) is 28.4. The van der Waals surface area contributed by atoms with Crippen molar-refractivity contribution in [3.8, 4) is 16.9 Å². The first-order valence-electron chi connectivity index (χ1n) is 8.84. The van der Waals surface area contributed by atoms with Gasteiger partial charge in [-0.2, -0.15) is 0 Å². The topological polar surface area (TPSA) is 91.3 Å². The van der Waals surface area contributed by atoms with E-state index in [1.165, 1.54) is 0 Å². The van der Waals surface area contributed by atoms with Crippen LogP contribution in [0.5, 0.6) is 5.75 Å². The molecule has 3 aromatic rings. The van der Waals surface area contributed by atoms with Gasteiger partial charge in [-0.15, -0.1) is 0 Å². The van der Waals surface area contributed by atoms with Crippen molar-refractivity contribution in [3.05, 3.63) is 87.4 Å². The van der Waals surface area contributed by atoms with Gasteiger partial charge in [0.25, 0.3) is 11.8 Å². The lowest BCUT2D eigenvalue weighted by Gasteiger charge is -2.18.